The second-order valence-electron chi connectivity index (χ2n) is 3.32. The highest BCUT2D eigenvalue weighted by Crippen LogP contribution is 2.20. The van der Waals surface area contributed by atoms with E-state index in [0.717, 1.165) is 5.69 Å². The van der Waals surface area contributed by atoms with Crippen LogP contribution in [0.15, 0.2) is 54.8 Å². The quantitative estimate of drug-likeness (QED) is 0.745. The molecule has 0 saturated carbocycles. The normalized spacial score (nSPS) is 19.5. The van der Waals surface area contributed by atoms with E-state index in [9.17, 15) is 0 Å². The molecule has 0 radical (unpaired) electrons. The maximum atomic E-state index is 5.64. The van der Waals surface area contributed by atoms with Crippen molar-refractivity contribution in [3.05, 3.63) is 54.8 Å². The van der Waals surface area contributed by atoms with E-state index in [1.807, 2.05) is 43.5 Å². The van der Waals surface area contributed by atoms with Crippen molar-refractivity contribution in [3.8, 4) is 0 Å². The van der Waals surface area contributed by atoms with Gasteiger partial charge in [0.05, 0.1) is 0 Å². The summed E-state index contributed by atoms with van der Waals surface area (Å²) in [5, 5.41) is 0. The number of benzene rings is 1. The van der Waals surface area contributed by atoms with Gasteiger partial charge < -0.3 is 9.64 Å². The van der Waals surface area contributed by atoms with Crippen LogP contribution in [0.25, 0.3) is 0 Å². The van der Waals surface area contributed by atoms with Crippen LogP contribution < -0.4 is 4.90 Å². The molecule has 0 saturated heterocycles. The van der Waals surface area contributed by atoms with E-state index in [2.05, 4.69) is 23.1 Å². The van der Waals surface area contributed by atoms with Gasteiger partial charge in [-0.3, -0.25) is 0 Å². The first-order valence-corrected chi connectivity index (χ1v) is 5.22. The molecule has 1 atom stereocenters. The third-order valence-corrected chi connectivity index (χ3v) is 2.30. The average Bonchev–Trinajstić information content (AvgIpc) is 2.31. The predicted molar refractivity (Wildman–Crippen MR) is 62.6 cm³/mol. The number of nitrogens with zero attached hydrogens (tertiary/aromatic N) is 1. The SMILES string of the molecule is CCOC1C=CC=CN1c1ccccc1. The van der Waals surface area contributed by atoms with Crippen LogP contribution in [0.3, 0.4) is 0 Å². The van der Waals surface area contributed by atoms with Gasteiger partial charge in [0.15, 0.2) is 6.23 Å². The second-order valence-corrected chi connectivity index (χ2v) is 3.32. The Bertz CT molecular complexity index is 356. The number of hydrogen-bond donors (Lipinski definition) is 0. The molecule has 1 aromatic rings. The van der Waals surface area contributed by atoms with E-state index in [1.54, 1.807) is 0 Å². The fourth-order valence-electron chi connectivity index (χ4n) is 1.62. The minimum Gasteiger partial charge on any atom is -0.355 e. The third-order valence-electron chi connectivity index (χ3n) is 2.30. The molecule has 0 spiro atoms. The van der Waals surface area contributed by atoms with Gasteiger partial charge in [-0.1, -0.05) is 24.3 Å². The molecule has 0 aliphatic carbocycles. The molecule has 1 aliphatic rings. The van der Waals surface area contributed by atoms with Crippen molar-refractivity contribution >= 4 is 5.69 Å². The Morgan fingerprint density at radius 1 is 1.20 bits per heavy atom. The maximum absolute atomic E-state index is 5.64. The first-order valence-electron chi connectivity index (χ1n) is 5.22. The van der Waals surface area contributed by atoms with Gasteiger partial charge in [0, 0.05) is 18.5 Å². The van der Waals surface area contributed by atoms with Crippen LogP contribution in [0.5, 0.6) is 0 Å². The van der Waals surface area contributed by atoms with Crippen molar-refractivity contribution in [3.63, 3.8) is 0 Å². The standard InChI is InChI=1S/C13H15NO/c1-2-15-13-10-6-7-11-14(13)12-8-4-3-5-9-12/h3-11,13H,2H2,1H3. The molecule has 1 heterocycles. The van der Waals surface area contributed by atoms with E-state index >= 15 is 0 Å². The molecule has 78 valence electrons. The monoisotopic (exact) mass is 201 g/mol. The smallest absolute Gasteiger partial charge is 0.153 e. The van der Waals surface area contributed by atoms with Crippen molar-refractivity contribution in [1.29, 1.82) is 0 Å². The second kappa shape index (κ2) is 4.80. The van der Waals surface area contributed by atoms with E-state index in [-0.39, 0.29) is 6.23 Å². The van der Waals surface area contributed by atoms with Gasteiger partial charge in [-0.05, 0) is 31.2 Å². The molecule has 2 nitrogen and oxygen atoms in total. The highest BCUT2D eigenvalue weighted by atomic mass is 16.5. The highest BCUT2D eigenvalue weighted by Gasteiger charge is 2.15. The van der Waals surface area contributed by atoms with Gasteiger partial charge in [-0.15, -0.1) is 0 Å². The van der Waals surface area contributed by atoms with Crippen LogP contribution in [0, 0.1) is 0 Å². The first-order chi connectivity index (χ1) is 7.42. The summed E-state index contributed by atoms with van der Waals surface area (Å²) < 4.78 is 5.64. The average molecular weight is 201 g/mol. The topological polar surface area (TPSA) is 12.5 Å². The number of para-hydroxylation sites is 1. The molecule has 1 aliphatic heterocycles. The van der Waals surface area contributed by atoms with Gasteiger partial charge in [0.2, 0.25) is 0 Å². The maximum Gasteiger partial charge on any atom is 0.153 e. The van der Waals surface area contributed by atoms with Crippen molar-refractivity contribution < 1.29 is 4.74 Å². The minimum atomic E-state index is 0.0161. The zero-order valence-corrected chi connectivity index (χ0v) is 8.84. The lowest BCUT2D eigenvalue weighted by Crippen LogP contribution is -2.32. The summed E-state index contributed by atoms with van der Waals surface area (Å²) in [6, 6.07) is 10.2. The summed E-state index contributed by atoms with van der Waals surface area (Å²) in [5.41, 5.74) is 1.15. The van der Waals surface area contributed by atoms with E-state index in [0.29, 0.717) is 6.61 Å². The minimum absolute atomic E-state index is 0.0161. The molecule has 0 bridgehead atoms. The lowest BCUT2D eigenvalue weighted by atomic mass is 10.2. The van der Waals surface area contributed by atoms with Crippen LogP contribution >= 0.6 is 0 Å². The van der Waals surface area contributed by atoms with Gasteiger partial charge in [0.25, 0.3) is 0 Å². The first kappa shape index (κ1) is 9.99. The third kappa shape index (κ3) is 2.28. The van der Waals surface area contributed by atoms with Crippen molar-refractivity contribution in [2.24, 2.45) is 0 Å². The molecule has 0 amide bonds. The van der Waals surface area contributed by atoms with Crippen LogP contribution in [0.4, 0.5) is 5.69 Å². The lowest BCUT2D eigenvalue weighted by molar-refractivity contribution is 0.0991. The Balaban J connectivity index is 2.20. The number of ether oxygens (including phenoxy) is 1. The van der Waals surface area contributed by atoms with Gasteiger partial charge in [0.1, 0.15) is 0 Å². The molecule has 0 aromatic heterocycles. The summed E-state index contributed by atoms with van der Waals surface area (Å²) in [6.07, 6.45) is 8.14. The van der Waals surface area contributed by atoms with E-state index < -0.39 is 0 Å². The molecule has 0 N–H and O–H groups in total. The largest absolute Gasteiger partial charge is 0.355 e. The Kier molecular flexibility index (Phi) is 3.20. The molecular formula is C13H15NO. The predicted octanol–water partition coefficient (Wildman–Crippen LogP) is 2.94. The van der Waals surface area contributed by atoms with Crippen LogP contribution in [0.2, 0.25) is 0 Å². The zero-order valence-electron chi connectivity index (χ0n) is 8.84. The van der Waals surface area contributed by atoms with Gasteiger partial charge in [-0.2, -0.15) is 0 Å². The number of rotatable bonds is 3. The fraction of sp³-hybridized carbons (Fsp3) is 0.231. The Morgan fingerprint density at radius 3 is 2.73 bits per heavy atom. The molecule has 0 fully saturated rings. The number of allylic oxidation sites excluding steroid dienone is 2. The van der Waals surface area contributed by atoms with E-state index in [4.69, 9.17) is 4.74 Å². The number of hydrogen-bond acceptors (Lipinski definition) is 2. The van der Waals surface area contributed by atoms with Crippen molar-refractivity contribution in [2.45, 2.75) is 13.2 Å². The molecule has 2 heteroatoms. The summed E-state index contributed by atoms with van der Waals surface area (Å²) >= 11 is 0. The number of anilines is 1. The summed E-state index contributed by atoms with van der Waals surface area (Å²) in [7, 11) is 0. The fourth-order valence-corrected chi connectivity index (χ4v) is 1.62. The molecule has 1 aromatic carbocycles. The Labute approximate surface area is 90.5 Å². The molecule has 1 unspecified atom stereocenters. The molecule has 15 heavy (non-hydrogen) atoms. The zero-order chi connectivity index (χ0) is 10.5. The van der Waals surface area contributed by atoms with Crippen LogP contribution in [-0.4, -0.2) is 12.8 Å². The van der Waals surface area contributed by atoms with Crippen molar-refractivity contribution in [2.75, 3.05) is 11.5 Å². The Morgan fingerprint density at radius 2 is 2.00 bits per heavy atom. The molecule has 2 rings (SSSR count). The van der Waals surface area contributed by atoms with Crippen LogP contribution in [-0.2, 0) is 4.74 Å². The van der Waals surface area contributed by atoms with Crippen molar-refractivity contribution in [1.82, 2.24) is 0 Å². The summed E-state index contributed by atoms with van der Waals surface area (Å²) in [4.78, 5) is 2.11. The Hall–Kier alpha value is -1.54. The lowest BCUT2D eigenvalue weighted by Gasteiger charge is -2.29. The summed E-state index contributed by atoms with van der Waals surface area (Å²) in [6.45, 7) is 2.72. The summed E-state index contributed by atoms with van der Waals surface area (Å²) in [5.74, 6) is 0. The van der Waals surface area contributed by atoms with Crippen LogP contribution in [0.1, 0.15) is 6.92 Å². The highest BCUT2D eigenvalue weighted by molar-refractivity contribution is 5.52. The van der Waals surface area contributed by atoms with E-state index in [1.165, 1.54) is 0 Å². The molecular weight excluding hydrogens is 186 g/mol. The van der Waals surface area contributed by atoms with Gasteiger partial charge in [-0.25, -0.2) is 0 Å². The van der Waals surface area contributed by atoms with Gasteiger partial charge >= 0.3 is 0 Å².